The summed E-state index contributed by atoms with van der Waals surface area (Å²) in [5.41, 5.74) is 0.835. The van der Waals surface area contributed by atoms with Crippen LogP contribution in [0.1, 0.15) is 32.3 Å². The second kappa shape index (κ2) is 8.53. The molecule has 0 aliphatic heterocycles. The molecule has 0 radical (unpaired) electrons. The fourth-order valence-corrected chi connectivity index (χ4v) is 1.64. The van der Waals surface area contributed by atoms with Crippen LogP contribution in [0.25, 0.3) is 0 Å². The minimum Gasteiger partial charge on any atom is -0.493 e. The number of rotatable bonds is 8. The van der Waals surface area contributed by atoms with Crippen LogP contribution >= 0.6 is 0 Å². The van der Waals surface area contributed by atoms with E-state index in [0.717, 1.165) is 5.56 Å². The maximum atomic E-state index is 13.5. The van der Waals surface area contributed by atoms with Gasteiger partial charge in [-0.3, -0.25) is 4.79 Å². The highest BCUT2D eigenvalue weighted by atomic mass is 19.1. The van der Waals surface area contributed by atoms with Gasteiger partial charge in [0.1, 0.15) is 11.6 Å². The minimum atomic E-state index is -0.323. The molecule has 1 aromatic rings. The van der Waals surface area contributed by atoms with Crippen molar-refractivity contribution in [1.82, 2.24) is 5.32 Å². The third-order valence-electron chi connectivity index (χ3n) is 2.67. The Balaban J connectivity index is 2.46. The predicted octanol–water partition coefficient (Wildman–Crippen LogP) is 2.66. The van der Waals surface area contributed by atoms with Crippen molar-refractivity contribution >= 4 is 5.97 Å². The molecule has 20 heavy (non-hydrogen) atoms. The van der Waals surface area contributed by atoms with Crippen LogP contribution in [0.3, 0.4) is 0 Å². The molecule has 112 valence electrons. The van der Waals surface area contributed by atoms with Gasteiger partial charge in [-0.25, -0.2) is 4.39 Å². The number of esters is 1. The van der Waals surface area contributed by atoms with E-state index in [9.17, 15) is 9.18 Å². The molecule has 5 heteroatoms. The van der Waals surface area contributed by atoms with Crippen molar-refractivity contribution in [2.75, 3.05) is 13.7 Å². The van der Waals surface area contributed by atoms with Gasteiger partial charge in [0.15, 0.2) is 0 Å². The zero-order valence-corrected chi connectivity index (χ0v) is 12.2. The molecule has 0 spiro atoms. The SMILES string of the molecule is COC(=O)CCCOc1cc(F)cc(CNC(C)C)c1. The van der Waals surface area contributed by atoms with Gasteiger partial charge in [-0.15, -0.1) is 0 Å². The molecule has 0 amide bonds. The first-order valence-electron chi connectivity index (χ1n) is 6.73. The summed E-state index contributed by atoms with van der Waals surface area (Å²) in [6.45, 7) is 5.01. The van der Waals surface area contributed by atoms with Crippen LogP contribution in [-0.2, 0) is 16.1 Å². The Labute approximate surface area is 119 Å². The quantitative estimate of drug-likeness (QED) is 0.588. The number of methoxy groups -OCH3 is 1. The van der Waals surface area contributed by atoms with Crippen molar-refractivity contribution in [3.8, 4) is 5.75 Å². The molecular weight excluding hydrogens is 261 g/mol. The molecule has 0 aliphatic rings. The molecule has 4 nitrogen and oxygen atoms in total. The van der Waals surface area contributed by atoms with E-state index in [1.807, 2.05) is 13.8 Å². The topological polar surface area (TPSA) is 47.6 Å². The van der Waals surface area contributed by atoms with Gasteiger partial charge < -0.3 is 14.8 Å². The second-order valence-electron chi connectivity index (χ2n) is 4.86. The molecule has 0 aliphatic carbocycles. The van der Waals surface area contributed by atoms with Gasteiger partial charge in [-0.1, -0.05) is 13.8 Å². The molecule has 1 rings (SSSR count). The first-order valence-corrected chi connectivity index (χ1v) is 6.73. The number of hydrogen-bond donors (Lipinski definition) is 1. The van der Waals surface area contributed by atoms with Gasteiger partial charge in [0, 0.05) is 25.1 Å². The average molecular weight is 283 g/mol. The Morgan fingerprint density at radius 2 is 2.10 bits per heavy atom. The lowest BCUT2D eigenvalue weighted by molar-refractivity contribution is -0.140. The summed E-state index contributed by atoms with van der Waals surface area (Å²) < 4.78 is 23.4. The fraction of sp³-hybridized carbons (Fsp3) is 0.533. The van der Waals surface area contributed by atoms with Gasteiger partial charge in [-0.05, 0) is 24.1 Å². The van der Waals surface area contributed by atoms with Crippen molar-refractivity contribution in [2.24, 2.45) is 0 Å². The average Bonchev–Trinajstić information content (AvgIpc) is 2.40. The molecule has 0 bridgehead atoms. The van der Waals surface area contributed by atoms with E-state index in [-0.39, 0.29) is 11.8 Å². The molecule has 1 N–H and O–H groups in total. The molecule has 0 unspecified atom stereocenters. The van der Waals surface area contributed by atoms with Crippen molar-refractivity contribution < 1.29 is 18.7 Å². The lowest BCUT2D eigenvalue weighted by Gasteiger charge is -2.11. The van der Waals surface area contributed by atoms with E-state index in [1.165, 1.54) is 19.2 Å². The van der Waals surface area contributed by atoms with Crippen LogP contribution in [0, 0.1) is 5.82 Å². The highest BCUT2D eigenvalue weighted by molar-refractivity contribution is 5.69. The molecular formula is C15H22FNO3. The highest BCUT2D eigenvalue weighted by Gasteiger charge is 2.04. The second-order valence-corrected chi connectivity index (χ2v) is 4.86. The number of ether oxygens (including phenoxy) is 2. The zero-order valence-electron chi connectivity index (χ0n) is 12.2. The molecule has 0 saturated heterocycles. The van der Waals surface area contributed by atoms with Crippen LogP contribution in [0.15, 0.2) is 18.2 Å². The Morgan fingerprint density at radius 1 is 1.35 bits per heavy atom. The first kappa shape index (κ1) is 16.4. The van der Waals surface area contributed by atoms with E-state index in [2.05, 4.69) is 10.1 Å². The summed E-state index contributed by atoms with van der Waals surface area (Å²) in [6, 6.07) is 4.97. The summed E-state index contributed by atoms with van der Waals surface area (Å²) in [5.74, 6) is -0.110. The first-order chi connectivity index (χ1) is 9.51. The molecule has 0 saturated carbocycles. The van der Waals surface area contributed by atoms with E-state index >= 15 is 0 Å². The van der Waals surface area contributed by atoms with Gasteiger partial charge in [0.2, 0.25) is 0 Å². The number of halogens is 1. The zero-order chi connectivity index (χ0) is 15.0. The molecule has 0 fully saturated rings. The maximum absolute atomic E-state index is 13.5. The lowest BCUT2D eigenvalue weighted by Crippen LogP contribution is -2.21. The molecule has 0 aromatic heterocycles. The van der Waals surface area contributed by atoms with Crippen molar-refractivity contribution in [2.45, 2.75) is 39.3 Å². The Morgan fingerprint density at radius 3 is 2.75 bits per heavy atom. The number of carbonyl (C=O) groups is 1. The number of benzene rings is 1. The normalized spacial score (nSPS) is 10.7. The summed E-state index contributed by atoms with van der Waals surface area (Å²) in [5, 5.41) is 3.22. The summed E-state index contributed by atoms with van der Waals surface area (Å²) >= 11 is 0. The highest BCUT2D eigenvalue weighted by Crippen LogP contribution is 2.17. The van der Waals surface area contributed by atoms with E-state index in [4.69, 9.17) is 4.74 Å². The number of nitrogens with one attached hydrogen (secondary N) is 1. The summed E-state index contributed by atoms with van der Waals surface area (Å²) in [7, 11) is 1.35. The Hall–Kier alpha value is -1.62. The standard InChI is InChI=1S/C15H22FNO3/c1-11(2)17-10-12-7-13(16)9-14(8-12)20-6-4-5-15(18)19-3/h7-9,11,17H,4-6,10H2,1-3H3. The van der Waals surface area contributed by atoms with Gasteiger partial charge in [0.25, 0.3) is 0 Å². The fourth-order valence-electron chi connectivity index (χ4n) is 1.64. The van der Waals surface area contributed by atoms with E-state index in [1.54, 1.807) is 6.07 Å². The van der Waals surface area contributed by atoms with E-state index in [0.29, 0.717) is 37.8 Å². The largest absolute Gasteiger partial charge is 0.493 e. The maximum Gasteiger partial charge on any atom is 0.305 e. The van der Waals surface area contributed by atoms with Crippen LogP contribution in [-0.4, -0.2) is 25.7 Å². The smallest absolute Gasteiger partial charge is 0.305 e. The van der Waals surface area contributed by atoms with Crippen molar-refractivity contribution in [3.05, 3.63) is 29.6 Å². The predicted molar refractivity (Wildman–Crippen MR) is 75.1 cm³/mol. The minimum absolute atomic E-state index is 0.269. The summed E-state index contributed by atoms with van der Waals surface area (Å²) in [6.07, 6.45) is 0.844. The number of carbonyl (C=O) groups excluding carboxylic acids is 1. The van der Waals surface area contributed by atoms with Gasteiger partial charge in [0.05, 0.1) is 13.7 Å². The van der Waals surface area contributed by atoms with Gasteiger partial charge >= 0.3 is 5.97 Å². The third-order valence-corrected chi connectivity index (χ3v) is 2.67. The van der Waals surface area contributed by atoms with E-state index < -0.39 is 0 Å². The molecule has 0 heterocycles. The lowest BCUT2D eigenvalue weighted by atomic mass is 10.2. The van der Waals surface area contributed by atoms with Crippen molar-refractivity contribution in [3.63, 3.8) is 0 Å². The Bertz CT molecular complexity index is 435. The molecule has 1 aromatic carbocycles. The van der Waals surface area contributed by atoms with Gasteiger partial charge in [-0.2, -0.15) is 0 Å². The third kappa shape index (κ3) is 6.52. The van der Waals surface area contributed by atoms with Crippen LogP contribution in [0.2, 0.25) is 0 Å². The van der Waals surface area contributed by atoms with Crippen molar-refractivity contribution in [1.29, 1.82) is 0 Å². The summed E-state index contributed by atoms with van der Waals surface area (Å²) in [4.78, 5) is 10.9. The monoisotopic (exact) mass is 283 g/mol. The molecule has 0 atom stereocenters. The van der Waals surface area contributed by atoms with Crippen LogP contribution < -0.4 is 10.1 Å². The number of hydrogen-bond acceptors (Lipinski definition) is 4. The van der Waals surface area contributed by atoms with Crippen LogP contribution in [0.4, 0.5) is 4.39 Å². The van der Waals surface area contributed by atoms with Crippen LogP contribution in [0.5, 0.6) is 5.75 Å². The Kier molecular flexibility index (Phi) is 7.01.